The quantitative estimate of drug-likeness (QED) is 0.845. The van der Waals surface area contributed by atoms with E-state index >= 15 is 0 Å². The van der Waals surface area contributed by atoms with E-state index in [4.69, 9.17) is 0 Å². The fourth-order valence-corrected chi connectivity index (χ4v) is 3.28. The molecule has 1 aromatic heterocycles. The van der Waals surface area contributed by atoms with E-state index in [1.54, 1.807) is 11.3 Å². The molecular weight excluding hydrogens is 268 g/mol. The van der Waals surface area contributed by atoms with Gasteiger partial charge >= 0.3 is 0 Å². The predicted octanol–water partition coefficient (Wildman–Crippen LogP) is 3.46. The highest BCUT2D eigenvalue weighted by Crippen LogP contribution is 2.24. The highest BCUT2D eigenvalue weighted by Gasteiger charge is 2.17. The van der Waals surface area contributed by atoms with Crippen molar-refractivity contribution < 1.29 is 4.79 Å². The first-order valence-corrected chi connectivity index (χ1v) is 8.21. The van der Waals surface area contributed by atoms with Gasteiger partial charge in [-0.15, -0.1) is 11.3 Å². The number of amides is 1. The summed E-state index contributed by atoms with van der Waals surface area (Å²) in [5, 5.41) is 6.23. The monoisotopic (exact) mass is 292 g/mol. The standard InChI is InChI=1S/C16H24N2OS/c1-16(2,3)13-11-20-15(18-13)8-9-17-14(19)10-12-6-4-5-7-12/h4,6,11-12H,5,7-10H2,1-3H3,(H,17,19)/t12-/m0/s1. The molecule has 0 unspecified atom stereocenters. The smallest absolute Gasteiger partial charge is 0.220 e. The van der Waals surface area contributed by atoms with Gasteiger partial charge in [0.15, 0.2) is 0 Å². The first kappa shape index (κ1) is 15.2. The normalized spacial score (nSPS) is 18.4. The van der Waals surface area contributed by atoms with Crippen LogP contribution in [0.2, 0.25) is 0 Å². The topological polar surface area (TPSA) is 42.0 Å². The van der Waals surface area contributed by atoms with Crippen molar-refractivity contribution in [1.82, 2.24) is 10.3 Å². The highest BCUT2D eigenvalue weighted by atomic mass is 32.1. The van der Waals surface area contributed by atoms with Crippen LogP contribution in [0.1, 0.15) is 50.7 Å². The van der Waals surface area contributed by atoms with Gasteiger partial charge in [0.25, 0.3) is 0 Å². The van der Waals surface area contributed by atoms with E-state index in [1.165, 1.54) is 0 Å². The summed E-state index contributed by atoms with van der Waals surface area (Å²) in [7, 11) is 0. The Kier molecular flexibility index (Phi) is 4.97. The molecule has 0 aliphatic heterocycles. The van der Waals surface area contributed by atoms with Crippen molar-refractivity contribution in [2.75, 3.05) is 6.54 Å². The molecule has 1 heterocycles. The molecule has 110 valence electrons. The number of carbonyl (C=O) groups excluding carboxylic acids is 1. The third-order valence-corrected chi connectivity index (χ3v) is 4.45. The van der Waals surface area contributed by atoms with Crippen molar-refractivity contribution in [1.29, 1.82) is 0 Å². The molecule has 2 rings (SSSR count). The van der Waals surface area contributed by atoms with Crippen LogP contribution in [-0.4, -0.2) is 17.4 Å². The molecule has 1 N–H and O–H groups in total. The van der Waals surface area contributed by atoms with Gasteiger partial charge in [-0.3, -0.25) is 4.79 Å². The van der Waals surface area contributed by atoms with Gasteiger partial charge in [-0.1, -0.05) is 32.9 Å². The summed E-state index contributed by atoms with van der Waals surface area (Å²) in [5.74, 6) is 0.608. The summed E-state index contributed by atoms with van der Waals surface area (Å²) in [6, 6.07) is 0. The number of nitrogens with one attached hydrogen (secondary N) is 1. The van der Waals surface area contributed by atoms with Crippen LogP contribution in [0.25, 0.3) is 0 Å². The lowest BCUT2D eigenvalue weighted by molar-refractivity contribution is -0.121. The third kappa shape index (κ3) is 4.44. The lowest BCUT2D eigenvalue weighted by Gasteiger charge is -2.14. The Morgan fingerprint density at radius 1 is 1.50 bits per heavy atom. The van der Waals surface area contributed by atoms with Gasteiger partial charge in [0.2, 0.25) is 5.91 Å². The largest absolute Gasteiger partial charge is 0.356 e. The molecule has 20 heavy (non-hydrogen) atoms. The maximum atomic E-state index is 11.8. The molecule has 0 saturated carbocycles. The van der Waals surface area contributed by atoms with Crippen molar-refractivity contribution >= 4 is 17.2 Å². The average molecular weight is 292 g/mol. The highest BCUT2D eigenvalue weighted by molar-refractivity contribution is 7.09. The predicted molar refractivity (Wildman–Crippen MR) is 84.0 cm³/mol. The summed E-state index contributed by atoms with van der Waals surface area (Å²) in [6.07, 6.45) is 8.02. The number of rotatable bonds is 5. The molecule has 0 saturated heterocycles. The second-order valence-corrected chi connectivity index (χ2v) is 7.39. The molecule has 1 aliphatic rings. The molecule has 1 amide bonds. The van der Waals surface area contributed by atoms with Crippen LogP contribution in [0.4, 0.5) is 0 Å². The summed E-state index contributed by atoms with van der Waals surface area (Å²) in [4.78, 5) is 16.4. The van der Waals surface area contributed by atoms with Gasteiger partial charge in [0, 0.05) is 30.2 Å². The third-order valence-electron chi connectivity index (χ3n) is 3.54. The second kappa shape index (κ2) is 6.53. The molecule has 4 heteroatoms. The summed E-state index contributed by atoms with van der Waals surface area (Å²) >= 11 is 1.69. The molecule has 1 aliphatic carbocycles. The Bertz CT molecular complexity index is 485. The molecule has 0 fully saturated rings. The van der Waals surface area contributed by atoms with Gasteiger partial charge in [-0.25, -0.2) is 4.98 Å². The maximum absolute atomic E-state index is 11.8. The van der Waals surface area contributed by atoms with Crippen LogP contribution in [0, 0.1) is 5.92 Å². The number of aromatic nitrogens is 1. The molecular formula is C16H24N2OS. The number of nitrogens with zero attached hydrogens (tertiary/aromatic N) is 1. The van der Waals surface area contributed by atoms with Crippen LogP contribution >= 0.6 is 11.3 Å². The van der Waals surface area contributed by atoms with Crippen molar-refractivity contribution in [3.63, 3.8) is 0 Å². The van der Waals surface area contributed by atoms with Crippen LogP contribution < -0.4 is 5.32 Å². The summed E-state index contributed by atoms with van der Waals surface area (Å²) < 4.78 is 0. The lowest BCUT2D eigenvalue weighted by atomic mass is 9.93. The Balaban J connectivity index is 1.71. The van der Waals surface area contributed by atoms with E-state index in [0.717, 1.165) is 30.0 Å². The summed E-state index contributed by atoms with van der Waals surface area (Å²) in [6.45, 7) is 7.19. The number of carbonyl (C=O) groups is 1. The molecule has 0 spiro atoms. The number of hydrogen-bond donors (Lipinski definition) is 1. The zero-order chi connectivity index (χ0) is 14.6. The minimum Gasteiger partial charge on any atom is -0.356 e. The molecule has 1 atom stereocenters. The average Bonchev–Trinajstić information content (AvgIpc) is 2.98. The van der Waals surface area contributed by atoms with Crippen molar-refractivity contribution in [3.8, 4) is 0 Å². The van der Waals surface area contributed by atoms with Gasteiger partial charge < -0.3 is 5.32 Å². The molecule has 3 nitrogen and oxygen atoms in total. The van der Waals surface area contributed by atoms with E-state index in [9.17, 15) is 4.79 Å². The SMILES string of the molecule is CC(C)(C)c1csc(CCNC(=O)C[C@H]2C=CCC2)n1. The number of allylic oxidation sites excluding steroid dienone is 2. The van der Waals surface area contributed by atoms with Gasteiger partial charge in [0.05, 0.1) is 10.7 Å². The summed E-state index contributed by atoms with van der Waals surface area (Å²) in [5.41, 5.74) is 1.24. The number of thiazole rings is 1. The van der Waals surface area contributed by atoms with Gasteiger partial charge in [-0.05, 0) is 18.8 Å². The Hall–Kier alpha value is -1.16. The van der Waals surface area contributed by atoms with E-state index in [0.29, 0.717) is 18.9 Å². The first-order valence-electron chi connectivity index (χ1n) is 7.33. The molecule has 1 aromatic rings. The molecule has 0 aromatic carbocycles. The molecule has 0 radical (unpaired) electrons. The second-order valence-electron chi connectivity index (χ2n) is 6.45. The fraction of sp³-hybridized carbons (Fsp3) is 0.625. The van der Waals surface area contributed by atoms with Gasteiger partial charge in [0.1, 0.15) is 0 Å². The van der Waals surface area contributed by atoms with E-state index < -0.39 is 0 Å². The van der Waals surface area contributed by atoms with E-state index in [-0.39, 0.29) is 11.3 Å². The fourth-order valence-electron chi connectivity index (χ4n) is 2.25. The van der Waals surface area contributed by atoms with Crippen molar-refractivity contribution in [2.45, 2.75) is 51.9 Å². The Morgan fingerprint density at radius 2 is 2.30 bits per heavy atom. The lowest BCUT2D eigenvalue weighted by Crippen LogP contribution is -2.27. The van der Waals surface area contributed by atoms with Crippen LogP contribution in [0.15, 0.2) is 17.5 Å². The Labute approximate surface area is 125 Å². The minimum absolute atomic E-state index is 0.104. The number of hydrogen-bond acceptors (Lipinski definition) is 3. The van der Waals surface area contributed by atoms with E-state index in [1.807, 2.05) is 0 Å². The van der Waals surface area contributed by atoms with Crippen molar-refractivity contribution in [2.24, 2.45) is 5.92 Å². The molecule has 0 bridgehead atoms. The minimum atomic E-state index is 0.104. The zero-order valence-corrected chi connectivity index (χ0v) is 13.4. The van der Waals surface area contributed by atoms with Gasteiger partial charge in [-0.2, -0.15) is 0 Å². The van der Waals surface area contributed by atoms with Crippen LogP contribution in [-0.2, 0) is 16.6 Å². The zero-order valence-electron chi connectivity index (χ0n) is 12.6. The van der Waals surface area contributed by atoms with Crippen molar-refractivity contribution in [3.05, 3.63) is 28.2 Å². The van der Waals surface area contributed by atoms with Crippen LogP contribution in [0.3, 0.4) is 0 Å². The maximum Gasteiger partial charge on any atom is 0.220 e. The van der Waals surface area contributed by atoms with E-state index in [2.05, 4.69) is 48.6 Å². The first-order chi connectivity index (χ1) is 9.45. The van der Waals surface area contributed by atoms with Crippen LogP contribution in [0.5, 0.6) is 0 Å². The Morgan fingerprint density at radius 3 is 2.90 bits per heavy atom.